The van der Waals surface area contributed by atoms with E-state index in [2.05, 4.69) is 47.6 Å². The molecule has 0 N–H and O–H groups in total. The fraction of sp³-hybridized carbons (Fsp3) is 0.882. The summed E-state index contributed by atoms with van der Waals surface area (Å²) in [6.45, 7) is 14.3. The largest absolute Gasteiger partial charge is 0.0793 e. The van der Waals surface area contributed by atoms with Crippen LogP contribution < -0.4 is 0 Å². The molecule has 0 heteroatoms. The fourth-order valence-corrected chi connectivity index (χ4v) is 3.69. The average molecular weight is 236 g/mol. The summed E-state index contributed by atoms with van der Waals surface area (Å²) < 4.78 is 0. The molecular weight excluding hydrogens is 204 g/mol. The van der Waals surface area contributed by atoms with Crippen LogP contribution in [0.3, 0.4) is 0 Å². The summed E-state index contributed by atoms with van der Waals surface area (Å²) in [7, 11) is 0. The molecular formula is C17H32. The van der Waals surface area contributed by atoms with Gasteiger partial charge in [0.15, 0.2) is 0 Å². The first-order chi connectivity index (χ1) is 7.91. The van der Waals surface area contributed by atoms with E-state index in [0.29, 0.717) is 5.41 Å². The van der Waals surface area contributed by atoms with E-state index >= 15 is 0 Å². The van der Waals surface area contributed by atoms with E-state index in [4.69, 9.17) is 0 Å². The molecule has 0 bridgehead atoms. The second-order valence-corrected chi connectivity index (χ2v) is 6.82. The first-order valence-corrected chi connectivity index (χ1v) is 7.60. The van der Waals surface area contributed by atoms with Crippen molar-refractivity contribution < 1.29 is 0 Å². The Morgan fingerprint density at radius 2 is 1.88 bits per heavy atom. The summed E-state index contributed by atoms with van der Waals surface area (Å²) in [5.41, 5.74) is 2.12. The maximum absolute atomic E-state index is 2.51. The molecule has 4 atom stereocenters. The zero-order valence-electron chi connectivity index (χ0n) is 12.8. The quantitative estimate of drug-likeness (QED) is 0.488. The van der Waals surface area contributed by atoms with E-state index in [-0.39, 0.29) is 0 Å². The number of hydrogen-bond acceptors (Lipinski definition) is 0. The monoisotopic (exact) mass is 236 g/mol. The van der Waals surface area contributed by atoms with Crippen LogP contribution in [0.15, 0.2) is 11.6 Å². The van der Waals surface area contributed by atoms with Crippen LogP contribution >= 0.6 is 0 Å². The van der Waals surface area contributed by atoms with Crippen LogP contribution in [-0.4, -0.2) is 0 Å². The van der Waals surface area contributed by atoms with E-state index < -0.39 is 0 Å². The lowest BCUT2D eigenvalue weighted by molar-refractivity contribution is 0.168. The fourth-order valence-electron chi connectivity index (χ4n) is 3.69. The molecule has 0 aliphatic heterocycles. The van der Waals surface area contributed by atoms with Crippen molar-refractivity contribution in [1.29, 1.82) is 0 Å². The van der Waals surface area contributed by atoms with E-state index in [1.165, 1.54) is 32.1 Å². The summed E-state index contributed by atoms with van der Waals surface area (Å²) in [4.78, 5) is 0. The van der Waals surface area contributed by atoms with Crippen molar-refractivity contribution in [3.63, 3.8) is 0 Å². The van der Waals surface area contributed by atoms with Crippen molar-refractivity contribution >= 4 is 0 Å². The second kappa shape index (κ2) is 6.07. The minimum absolute atomic E-state index is 0.519. The lowest BCUT2D eigenvalue weighted by atomic mass is 9.64. The Bertz CT molecular complexity index is 263. The van der Waals surface area contributed by atoms with Gasteiger partial charge in [0.05, 0.1) is 0 Å². The van der Waals surface area contributed by atoms with E-state index in [1.54, 1.807) is 5.57 Å². The highest BCUT2D eigenvalue weighted by Gasteiger charge is 2.34. The van der Waals surface area contributed by atoms with Crippen molar-refractivity contribution in [2.75, 3.05) is 0 Å². The van der Waals surface area contributed by atoms with E-state index in [0.717, 1.165) is 17.8 Å². The molecule has 0 aromatic rings. The minimum Gasteiger partial charge on any atom is -0.0793 e. The van der Waals surface area contributed by atoms with Crippen molar-refractivity contribution in [2.24, 2.45) is 23.2 Å². The van der Waals surface area contributed by atoms with Gasteiger partial charge in [-0.25, -0.2) is 0 Å². The van der Waals surface area contributed by atoms with Gasteiger partial charge in [-0.1, -0.05) is 65.5 Å². The predicted octanol–water partition coefficient (Wildman–Crippen LogP) is 5.83. The van der Waals surface area contributed by atoms with E-state index in [1.807, 2.05) is 0 Å². The Balaban J connectivity index is 2.60. The second-order valence-electron chi connectivity index (χ2n) is 6.82. The molecule has 0 nitrogen and oxygen atoms in total. The SMILES string of the molecule is CCCC(CC1(C)C=C(C)C1)C(C)C(C)CC. The van der Waals surface area contributed by atoms with Gasteiger partial charge in [-0.2, -0.15) is 0 Å². The molecule has 100 valence electrons. The van der Waals surface area contributed by atoms with Crippen molar-refractivity contribution in [2.45, 2.75) is 73.6 Å². The molecule has 1 aliphatic rings. The molecule has 4 unspecified atom stereocenters. The first kappa shape index (κ1) is 14.8. The highest BCUT2D eigenvalue weighted by molar-refractivity contribution is 5.20. The smallest absolute Gasteiger partial charge is 0.0104 e. The molecule has 0 radical (unpaired) electrons. The molecule has 1 rings (SSSR count). The average Bonchev–Trinajstić information content (AvgIpc) is 2.24. The standard InChI is InChI=1S/C17H32/c1-7-9-16(15(5)14(4)8-2)12-17(6)10-13(3)11-17/h10,14-16H,7-9,11-12H2,1-6H3. The highest BCUT2D eigenvalue weighted by atomic mass is 14.4. The van der Waals surface area contributed by atoms with Crippen LogP contribution in [0.5, 0.6) is 0 Å². The third kappa shape index (κ3) is 3.86. The topological polar surface area (TPSA) is 0 Å². The van der Waals surface area contributed by atoms with Gasteiger partial charge in [-0.05, 0) is 42.9 Å². The summed E-state index contributed by atoms with van der Waals surface area (Å²) >= 11 is 0. The lowest BCUT2D eigenvalue weighted by Crippen LogP contribution is -2.30. The summed E-state index contributed by atoms with van der Waals surface area (Å²) in [6.07, 6.45) is 9.33. The maximum Gasteiger partial charge on any atom is -0.0104 e. The first-order valence-electron chi connectivity index (χ1n) is 7.60. The third-order valence-corrected chi connectivity index (χ3v) is 4.95. The maximum atomic E-state index is 2.51. The summed E-state index contributed by atoms with van der Waals surface area (Å²) in [5.74, 6) is 2.68. The third-order valence-electron chi connectivity index (χ3n) is 4.95. The van der Waals surface area contributed by atoms with E-state index in [9.17, 15) is 0 Å². The zero-order valence-corrected chi connectivity index (χ0v) is 12.8. The van der Waals surface area contributed by atoms with Gasteiger partial charge in [-0.15, -0.1) is 0 Å². The molecule has 0 fully saturated rings. The van der Waals surface area contributed by atoms with Crippen LogP contribution in [0.4, 0.5) is 0 Å². The molecule has 0 aromatic heterocycles. The molecule has 0 heterocycles. The van der Waals surface area contributed by atoms with Crippen LogP contribution in [0.25, 0.3) is 0 Å². The zero-order chi connectivity index (χ0) is 13.1. The van der Waals surface area contributed by atoms with Crippen molar-refractivity contribution in [3.8, 4) is 0 Å². The predicted molar refractivity (Wildman–Crippen MR) is 78.1 cm³/mol. The molecule has 0 saturated heterocycles. The van der Waals surface area contributed by atoms with Gasteiger partial charge in [0.25, 0.3) is 0 Å². The Labute approximate surface area is 109 Å². The van der Waals surface area contributed by atoms with Gasteiger partial charge in [0.1, 0.15) is 0 Å². The van der Waals surface area contributed by atoms with Gasteiger partial charge < -0.3 is 0 Å². The highest BCUT2D eigenvalue weighted by Crippen LogP contribution is 2.46. The summed E-state index contributed by atoms with van der Waals surface area (Å²) in [5, 5.41) is 0. The molecule has 0 amide bonds. The van der Waals surface area contributed by atoms with Gasteiger partial charge >= 0.3 is 0 Å². The molecule has 0 saturated carbocycles. The Morgan fingerprint density at radius 1 is 1.29 bits per heavy atom. The van der Waals surface area contributed by atoms with Crippen LogP contribution in [0.2, 0.25) is 0 Å². The van der Waals surface area contributed by atoms with Crippen LogP contribution in [0, 0.1) is 23.2 Å². The number of hydrogen-bond donors (Lipinski definition) is 0. The molecule has 0 aromatic carbocycles. The lowest BCUT2D eigenvalue weighted by Gasteiger charge is -2.41. The Morgan fingerprint density at radius 3 is 2.29 bits per heavy atom. The Hall–Kier alpha value is -0.260. The molecule has 1 aliphatic carbocycles. The Kier molecular flexibility index (Phi) is 5.28. The van der Waals surface area contributed by atoms with Crippen molar-refractivity contribution in [1.82, 2.24) is 0 Å². The molecule has 0 spiro atoms. The van der Waals surface area contributed by atoms with Gasteiger partial charge in [-0.3, -0.25) is 0 Å². The van der Waals surface area contributed by atoms with Gasteiger partial charge in [0, 0.05) is 0 Å². The number of allylic oxidation sites excluding steroid dienone is 2. The van der Waals surface area contributed by atoms with Crippen LogP contribution in [-0.2, 0) is 0 Å². The molecule has 17 heavy (non-hydrogen) atoms. The summed E-state index contributed by atoms with van der Waals surface area (Å²) in [6, 6.07) is 0. The minimum atomic E-state index is 0.519. The van der Waals surface area contributed by atoms with Crippen molar-refractivity contribution in [3.05, 3.63) is 11.6 Å². The normalized spacial score (nSPS) is 29.2. The number of rotatable bonds is 7. The van der Waals surface area contributed by atoms with Crippen LogP contribution in [0.1, 0.15) is 73.6 Å². The van der Waals surface area contributed by atoms with Gasteiger partial charge in [0.2, 0.25) is 0 Å².